The van der Waals surface area contributed by atoms with Crippen molar-refractivity contribution in [2.75, 3.05) is 19.7 Å². The van der Waals surface area contributed by atoms with Crippen molar-refractivity contribution in [3.05, 3.63) is 48.9 Å². The van der Waals surface area contributed by atoms with E-state index < -0.39 is 0 Å². The first-order valence-corrected chi connectivity index (χ1v) is 9.66. The molecule has 0 unspecified atom stereocenters. The molecule has 0 radical (unpaired) electrons. The highest BCUT2D eigenvalue weighted by Crippen LogP contribution is 2.32. The summed E-state index contributed by atoms with van der Waals surface area (Å²) in [7, 11) is 0. The van der Waals surface area contributed by atoms with Crippen LogP contribution in [0.3, 0.4) is 0 Å². The summed E-state index contributed by atoms with van der Waals surface area (Å²) in [5.74, 6) is 0.856. The molecular formula is C22H27N3O2. The van der Waals surface area contributed by atoms with Crippen molar-refractivity contribution in [3.63, 3.8) is 0 Å². The molecule has 1 N–H and O–H groups in total. The zero-order valence-electron chi connectivity index (χ0n) is 16.2. The summed E-state index contributed by atoms with van der Waals surface area (Å²) in [6.45, 7) is 8.68. The molecule has 5 nitrogen and oxygen atoms in total. The van der Waals surface area contributed by atoms with Gasteiger partial charge in [-0.05, 0) is 62.2 Å². The number of hydrogen-bond acceptors (Lipinski definition) is 4. The van der Waals surface area contributed by atoms with E-state index in [1.54, 1.807) is 0 Å². The normalized spacial score (nSPS) is 20.3. The van der Waals surface area contributed by atoms with Crippen molar-refractivity contribution in [1.82, 2.24) is 14.9 Å². The predicted molar refractivity (Wildman–Crippen MR) is 108 cm³/mol. The van der Waals surface area contributed by atoms with Crippen LogP contribution in [0.25, 0.3) is 22.0 Å². The highest BCUT2D eigenvalue weighted by molar-refractivity contribution is 5.90. The molecule has 2 aromatic heterocycles. The molecule has 0 bridgehead atoms. The van der Waals surface area contributed by atoms with E-state index in [0.717, 1.165) is 35.3 Å². The van der Waals surface area contributed by atoms with E-state index in [1.807, 2.05) is 12.3 Å². The van der Waals surface area contributed by atoms with Crippen LogP contribution in [-0.4, -0.2) is 41.5 Å². The monoisotopic (exact) mass is 365 g/mol. The molecule has 1 aliphatic rings. The topological polar surface area (TPSA) is 48.3 Å². The lowest BCUT2D eigenvalue weighted by molar-refractivity contribution is -0.0468. The van der Waals surface area contributed by atoms with Gasteiger partial charge in [0, 0.05) is 43.1 Å². The Labute approximate surface area is 160 Å². The summed E-state index contributed by atoms with van der Waals surface area (Å²) < 4.78 is 14.4. The van der Waals surface area contributed by atoms with Crippen molar-refractivity contribution in [2.24, 2.45) is 0 Å². The summed E-state index contributed by atoms with van der Waals surface area (Å²) in [5, 5.41) is 4.42. The minimum atomic E-state index is 0.0613. The van der Waals surface area contributed by atoms with Gasteiger partial charge >= 0.3 is 0 Å². The highest BCUT2D eigenvalue weighted by Gasteiger charge is 2.20. The van der Waals surface area contributed by atoms with Crippen molar-refractivity contribution in [3.8, 4) is 16.9 Å². The van der Waals surface area contributed by atoms with E-state index in [0.29, 0.717) is 12.6 Å². The average Bonchev–Trinajstić information content (AvgIpc) is 3.16. The number of aromatic nitrogens is 2. The Bertz CT molecular complexity index is 919. The number of morpholine rings is 1. The van der Waals surface area contributed by atoms with Gasteiger partial charge in [0.05, 0.1) is 11.6 Å². The fraction of sp³-hybridized carbons (Fsp3) is 0.409. The highest BCUT2D eigenvalue weighted by atomic mass is 16.5. The Kier molecular flexibility index (Phi) is 5.14. The van der Waals surface area contributed by atoms with Gasteiger partial charge in [0.1, 0.15) is 18.5 Å². The lowest BCUT2D eigenvalue weighted by Crippen LogP contribution is -2.45. The zero-order valence-corrected chi connectivity index (χ0v) is 16.2. The number of hydrogen-bond donors (Lipinski definition) is 1. The minimum Gasteiger partial charge on any atom is -0.490 e. The average molecular weight is 365 g/mol. The van der Waals surface area contributed by atoms with Gasteiger partial charge in [0.25, 0.3) is 0 Å². The van der Waals surface area contributed by atoms with Crippen molar-refractivity contribution >= 4 is 10.9 Å². The standard InChI is InChI=1S/C22H27N3O2/c1-15(2)25-8-6-17(13-25)18-9-21-20(5-4-7-24-21)22(10-18)26-14-19-12-23-11-16(3)27-19/h4-10,13,15-16,19,23H,11-12,14H2,1-3H3/t16-,19+/m1/s1. The molecular weight excluding hydrogens is 338 g/mol. The predicted octanol–water partition coefficient (Wildman–Crippen LogP) is 4.04. The van der Waals surface area contributed by atoms with Crippen LogP contribution in [-0.2, 0) is 4.74 Å². The zero-order chi connectivity index (χ0) is 18.8. The maximum atomic E-state index is 6.21. The fourth-order valence-corrected chi connectivity index (χ4v) is 3.49. The van der Waals surface area contributed by atoms with E-state index in [4.69, 9.17) is 9.47 Å². The summed E-state index contributed by atoms with van der Waals surface area (Å²) in [6, 6.07) is 10.8. The molecule has 5 heteroatoms. The van der Waals surface area contributed by atoms with Gasteiger partial charge in [-0.2, -0.15) is 0 Å². The number of nitrogens with zero attached hydrogens (tertiary/aromatic N) is 2. The molecule has 1 fully saturated rings. The maximum absolute atomic E-state index is 6.21. The van der Waals surface area contributed by atoms with Gasteiger partial charge in [-0.15, -0.1) is 0 Å². The maximum Gasteiger partial charge on any atom is 0.129 e. The van der Waals surface area contributed by atoms with Gasteiger partial charge in [-0.3, -0.25) is 4.98 Å². The third kappa shape index (κ3) is 3.99. The molecule has 142 valence electrons. The van der Waals surface area contributed by atoms with E-state index in [2.05, 4.69) is 72.3 Å². The molecule has 0 aliphatic carbocycles. The van der Waals surface area contributed by atoms with Crippen molar-refractivity contribution in [2.45, 2.75) is 39.0 Å². The largest absolute Gasteiger partial charge is 0.490 e. The fourth-order valence-electron chi connectivity index (χ4n) is 3.49. The Morgan fingerprint density at radius 3 is 2.93 bits per heavy atom. The van der Waals surface area contributed by atoms with Gasteiger partial charge in [0.2, 0.25) is 0 Å². The number of rotatable bonds is 5. The molecule has 3 heterocycles. The summed E-state index contributed by atoms with van der Waals surface area (Å²) in [6.07, 6.45) is 6.39. The van der Waals surface area contributed by atoms with Crippen LogP contribution in [0, 0.1) is 0 Å². The summed E-state index contributed by atoms with van der Waals surface area (Å²) in [4.78, 5) is 4.55. The van der Waals surface area contributed by atoms with Gasteiger partial charge in [-0.25, -0.2) is 0 Å². The second-order valence-corrected chi connectivity index (χ2v) is 7.52. The van der Waals surface area contributed by atoms with E-state index in [1.165, 1.54) is 5.56 Å². The molecule has 27 heavy (non-hydrogen) atoms. The van der Waals surface area contributed by atoms with Crippen LogP contribution >= 0.6 is 0 Å². The first-order chi connectivity index (χ1) is 13.1. The van der Waals surface area contributed by atoms with E-state index in [-0.39, 0.29) is 12.2 Å². The summed E-state index contributed by atoms with van der Waals surface area (Å²) >= 11 is 0. The molecule has 1 saturated heterocycles. The Morgan fingerprint density at radius 1 is 1.26 bits per heavy atom. The first kappa shape index (κ1) is 18.0. The SMILES string of the molecule is CC(C)n1ccc(-c2cc(OC[C@@H]3CNC[C@@H](C)O3)c3cccnc3c2)c1. The third-order valence-electron chi connectivity index (χ3n) is 4.98. The van der Waals surface area contributed by atoms with Gasteiger partial charge < -0.3 is 19.4 Å². The minimum absolute atomic E-state index is 0.0613. The number of ether oxygens (including phenoxy) is 2. The van der Waals surface area contributed by atoms with Crippen LogP contribution in [0.5, 0.6) is 5.75 Å². The third-order valence-corrected chi connectivity index (χ3v) is 4.98. The Hall–Kier alpha value is -2.37. The van der Waals surface area contributed by atoms with E-state index in [9.17, 15) is 0 Å². The molecule has 0 amide bonds. The van der Waals surface area contributed by atoms with Crippen LogP contribution in [0.1, 0.15) is 26.8 Å². The number of benzene rings is 1. The Morgan fingerprint density at radius 2 is 2.15 bits per heavy atom. The molecule has 2 atom stereocenters. The molecule has 0 spiro atoms. The molecule has 1 aliphatic heterocycles. The second-order valence-electron chi connectivity index (χ2n) is 7.52. The molecule has 1 aromatic carbocycles. The first-order valence-electron chi connectivity index (χ1n) is 9.66. The molecule has 4 rings (SSSR count). The number of nitrogens with one attached hydrogen (secondary N) is 1. The van der Waals surface area contributed by atoms with Gasteiger partial charge in [0.15, 0.2) is 0 Å². The summed E-state index contributed by atoms with van der Waals surface area (Å²) in [5.41, 5.74) is 3.23. The van der Waals surface area contributed by atoms with Crippen molar-refractivity contribution in [1.29, 1.82) is 0 Å². The Balaban J connectivity index is 1.63. The van der Waals surface area contributed by atoms with Crippen LogP contribution in [0.15, 0.2) is 48.9 Å². The van der Waals surface area contributed by atoms with Gasteiger partial charge in [-0.1, -0.05) is 0 Å². The van der Waals surface area contributed by atoms with Crippen molar-refractivity contribution < 1.29 is 9.47 Å². The molecule has 0 saturated carbocycles. The number of pyridine rings is 1. The lowest BCUT2D eigenvalue weighted by atomic mass is 10.1. The van der Waals surface area contributed by atoms with Crippen LogP contribution in [0.2, 0.25) is 0 Å². The number of fused-ring (bicyclic) bond motifs is 1. The lowest BCUT2D eigenvalue weighted by Gasteiger charge is -2.28. The smallest absolute Gasteiger partial charge is 0.129 e. The van der Waals surface area contributed by atoms with Crippen LogP contribution < -0.4 is 10.1 Å². The molecule has 3 aromatic rings. The van der Waals surface area contributed by atoms with E-state index >= 15 is 0 Å². The quantitative estimate of drug-likeness (QED) is 0.741. The van der Waals surface area contributed by atoms with Crippen LogP contribution in [0.4, 0.5) is 0 Å². The second kappa shape index (κ2) is 7.71.